The van der Waals surface area contributed by atoms with E-state index in [2.05, 4.69) is 0 Å². The number of hydrogen-bond donors (Lipinski definition) is 1. The van der Waals surface area contributed by atoms with E-state index in [-0.39, 0.29) is 6.42 Å². The van der Waals surface area contributed by atoms with Crippen LogP contribution in [0, 0.1) is 0 Å². The van der Waals surface area contributed by atoms with Gasteiger partial charge in [0, 0.05) is 12.5 Å². The number of rotatable bonds is 3. The van der Waals surface area contributed by atoms with Gasteiger partial charge in [0.25, 0.3) is 0 Å². The first kappa shape index (κ1) is 11.7. The minimum absolute atomic E-state index is 0.114. The lowest BCUT2D eigenvalue weighted by Gasteiger charge is -2.28. The number of halogens is 3. The summed E-state index contributed by atoms with van der Waals surface area (Å²) in [5.74, 6) is 0. The Morgan fingerprint density at radius 3 is 2.57 bits per heavy atom. The summed E-state index contributed by atoms with van der Waals surface area (Å²) in [4.78, 5) is 0. The second-order valence-corrected chi connectivity index (χ2v) is 3.30. The van der Waals surface area contributed by atoms with Gasteiger partial charge >= 0.3 is 6.18 Å². The van der Waals surface area contributed by atoms with E-state index in [4.69, 9.17) is 15.2 Å². The Bertz CT molecular complexity index is 168. The third-order valence-electron chi connectivity index (χ3n) is 2.08. The molecule has 0 bridgehead atoms. The molecule has 0 aromatic carbocycles. The summed E-state index contributed by atoms with van der Waals surface area (Å²) in [5, 5.41) is 0. The van der Waals surface area contributed by atoms with E-state index in [0.717, 1.165) is 0 Å². The van der Waals surface area contributed by atoms with Crippen molar-refractivity contribution in [1.82, 2.24) is 0 Å². The Labute approximate surface area is 80.4 Å². The van der Waals surface area contributed by atoms with Crippen LogP contribution in [0.25, 0.3) is 0 Å². The van der Waals surface area contributed by atoms with E-state index < -0.39 is 24.7 Å². The van der Waals surface area contributed by atoms with Gasteiger partial charge in [-0.3, -0.25) is 0 Å². The van der Waals surface area contributed by atoms with Gasteiger partial charge in [-0.05, 0) is 6.42 Å². The normalized spacial score (nSPS) is 26.1. The summed E-state index contributed by atoms with van der Waals surface area (Å²) in [6.07, 6.45) is -5.52. The third-order valence-corrected chi connectivity index (χ3v) is 2.08. The van der Waals surface area contributed by atoms with Gasteiger partial charge in [-0.1, -0.05) is 0 Å². The van der Waals surface area contributed by atoms with Crippen LogP contribution in [0.2, 0.25) is 0 Å². The molecule has 84 valence electrons. The van der Waals surface area contributed by atoms with Crippen LogP contribution in [0.4, 0.5) is 13.2 Å². The molecular weight excluding hydrogens is 199 g/mol. The zero-order chi connectivity index (χ0) is 10.6. The minimum Gasteiger partial charge on any atom is -0.376 e. The van der Waals surface area contributed by atoms with Crippen LogP contribution in [-0.2, 0) is 9.47 Å². The fourth-order valence-electron chi connectivity index (χ4n) is 1.27. The largest absolute Gasteiger partial charge is 0.389 e. The van der Waals surface area contributed by atoms with Crippen LogP contribution in [-0.4, -0.2) is 38.1 Å². The average Bonchev–Trinajstić information content (AvgIpc) is 2.14. The quantitative estimate of drug-likeness (QED) is 0.762. The standard InChI is InChI=1S/C8H14F3NO2/c9-8(10,11)2-1-6(12)7-5-13-3-4-14-7/h6-7H,1-5,12H2. The lowest BCUT2D eigenvalue weighted by Crippen LogP contribution is -2.44. The van der Waals surface area contributed by atoms with Crippen LogP contribution < -0.4 is 5.73 Å². The molecule has 1 rings (SSSR count). The maximum atomic E-state index is 11.9. The second-order valence-electron chi connectivity index (χ2n) is 3.30. The minimum atomic E-state index is -4.15. The molecule has 3 nitrogen and oxygen atoms in total. The van der Waals surface area contributed by atoms with Crippen molar-refractivity contribution in [3.05, 3.63) is 0 Å². The Kier molecular flexibility index (Phi) is 4.15. The Morgan fingerprint density at radius 1 is 1.36 bits per heavy atom. The van der Waals surface area contributed by atoms with E-state index >= 15 is 0 Å². The maximum absolute atomic E-state index is 11.9. The van der Waals surface area contributed by atoms with Crippen molar-refractivity contribution in [2.24, 2.45) is 5.73 Å². The van der Waals surface area contributed by atoms with Crippen molar-refractivity contribution in [2.45, 2.75) is 31.2 Å². The zero-order valence-corrected chi connectivity index (χ0v) is 7.72. The molecule has 1 heterocycles. The molecule has 2 unspecified atom stereocenters. The van der Waals surface area contributed by atoms with Crippen LogP contribution in [0.15, 0.2) is 0 Å². The van der Waals surface area contributed by atoms with E-state index in [0.29, 0.717) is 19.8 Å². The molecule has 14 heavy (non-hydrogen) atoms. The van der Waals surface area contributed by atoms with E-state index in [9.17, 15) is 13.2 Å². The molecule has 2 N–H and O–H groups in total. The molecule has 1 aliphatic rings. The Balaban J connectivity index is 2.23. The van der Waals surface area contributed by atoms with Crippen molar-refractivity contribution in [3.63, 3.8) is 0 Å². The predicted molar refractivity (Wildman–Crippen MR) is 43.8 cm³/mol. The summed E-state index contributed by atoms with van der Waals surface area (Å²) in [6, 6.07) is -0.600. The lowest BCUT2D eigenvalue weighted by molar-refractivity contribution is -0.142. The highest BCUT2D eigenvalue weighted by molar-refractivity contribution is 4.76. The predicted octanol–water partition coefficient (Wildman–Crippen LogP) is 1.07. The lowest BCUT2D eigenvalue weighted by atomic mass is 10.1. The summed E-state index contributed by atoms with van der Waals surface area (Å²) >= 11 is 0. The van der Waals surface area contributed by atoms with E-state index in [1.807, 2.05) is 0 Å². The topological polar surface area (TPSA) is 44.5 Å². The van der Waals surface area contributed by atoms with Gasteiger partial charge in [0.2, 0.25) is 0 Å². The average molecular weight is 213 g/mol. The molecular formula is C8H14F3NO2. The summed E-state index contributed by atoms with van der Waals surface area (Å²) in [7, 11) is 0. The number of nitrogens with two attached hydrogens (primary N) is 1. The van der Waals surface area contributed by atoms with Crippen molar-refractivity contribution in [3.8, 4) is 0 Å². The monoisotopic (exact) mass is 213 g/mol. The van der Waals surface area contributed by atoms with Crippen LogP contribution in [0.5, 0.6) is 0 Å². The smallest absolute Gasteiger partial charge is 0.376 e. The van der Waals surface area contributed by atoms with Crippen molar-refractivity contribution >= 4 is 0 Å². The second kappa shape index (κ2) is 4.95. The highest BCUT2D eigenvalue weighted by Gasteiger charge is 2.30. The van der Waals surface area contributed by atoms with Gasteiger partial charge in [-0.25, -0.2) is 0 Å². The molecule has 2 atom stereocenters. The van der Waals surface area contributed by atoms with Crippen LogP contribution in [0.1, 0.15) is 12.8 Å². The van der Waals surface area contributed by atoms with Gasteiger partial charge in [0.05, 0.1) is 25.9 Å². The fourth-order valence-corrected chi connectivity index (χ4v) is 1.27. The molecule has 1 saturated heterocycles. The third kappa shape index (κ3) is 4.26. The highest BCUT2D eigenvalue weighted by Crippen LogP contribution is 2.23. The van der Waals surface area contributed by atoms with Crippen LogP contribution >= 0.6 is 0 Å². The summed E-state index contributed by atoms with van der Waals surface area (Å²) in [5.41, 5.74) is 5.55. The molecule has 0 amide bonds. The Morgan fingerprint density at radius 2 is 2.07 bits per heavy atom. The molecule has 0 saturated carbocycles. The zero-order valence-electron chi connectivity index (χ0n) is 7.72. The van der Waals surface area contributed by atoms with Crippen molar-refractivity contribution < 1.29 is 22.6 Å². The molecule has 1 fully saturated rings. The number of ether oxygens (including phenoxy) is 2. The molecule has 1 aliphatic heterocycles. The molecule has 0 spiro atoms. The first-order valence-corrected chi connectivity index (χ1v) is 4.51. The first-order valence-electron chi connectivity index (χ1n) is 4.51. The highest BCUT2D eigenvalue weighted by atomic mass is 19.4. The number of hydrogen-bond acceptors (Lipinski definition) is 3. The van der Waals surface area contributed by atoms with Crippen molar-refractivity contribution in [1.29, 1.82) is 0 Å². The Hall–Kier alpha value is -0.330. The van der Waals surface area contributed by atoms with Gasteiger partial charge in [-0.2, -0.15) is 13.2 Å². The van der Waals surface area contributed by atoms with Gasteiger partial charge in [0.15, 0.2) is 0 Å². The van der Waals surface area contributed by atoms with Gasteiger partial charge < -0.3 is 15.2 Å². The maximum Gasteiger partial charge on any atom is 0.389 e. The molecule has 0 radical (unpaired) electrons. The van der Waals surface area contributed by atoms with Crippen molar-refractivity contribution in [2.75, 3.05) is 19.8 Å². The molecule has 0 aromatic rings. The molecule has 0 aromatic heterocycles. The van der Waals surface area contributed by atoms with Gasteiger partial charge in [-0.15, -0.1) is 0 Å². The summed E-state index contributed by atoms with van der Waals surface area (Å²) < 4.78 is 45.8. The van der Waals surface area contributed by atoms with E-state index in [1.54, 1.807) is 0 Å². The van der Waals surface area contributed by atoms with Gasteiger partial charge in [0.1, 0.15) is 0 Å². The molecule has 6 heteroatoms. The van der Waals surface area contributed by atoms with E-state index in [1.165, 1.54) is 0 Å². The fraction of sp³-hybridized carbons (Fsp3) is 1.00. The van der Waals surface area contributed by atoms with Crippen LogP contribution in [0.3, 0.4) is 0 Å². The molecule has 0 aliphatic carbocycles. The summed E-state index contributed by atoms with van der Waals surface area (Å²) in [6.45, 7) is 1.19. The number of alkyl halides is 3. The first-order chi connectivity index (χ1) is 6.49. The SMILES string of the molecule is NC(CCC(F)(F)F)C1COCCO1.